The smallest absolute Gasteiger partial charge is 0.262 e. The van der Waals surface area contributed by atoms with E-state index in [1.54, 1.807) is 0 Å². The third-order valence-electron chi connectivity index (χ3n) is 2.46. The fraction of sp³-hybridized carbons (Fsp3) is 0. The first-order valence-electron chi connectivity index (χ1n) is 5.33. The minimum absolute atomic E-state index is 0.0883. The molecule has 2 rings (SSSR count). The summed E-state index contributed by atoms with van der Waals surface area (Å²) in [5.41, 5.74) is -0.403. The second kappa shape index (κ2) is 5.87. The molecule has 7 heteroatoms. The van der Waals surface area contributed by atoms with Gasteiger partial charge in [-0.15, -0.1) is 0 Å². The maximum atomic E-state index is 13.6. The van der Waals surface area contributed by atoms with E-state index >= 15 is 0 Å². The van der Waals surface area contributed by atoms with Crippen LogP contribution in [0.4, 0.5) is 10.1 Å². The summed E-state index contributed by atoms with van der Waals surface area (Å²) in [5.74, 6) is -2.21. The number of phenolic OH excluding ortho intramolecular Hbond substituents is 1. The van der Waals surface area contributed by atoms with Gasteiger partial charge < -0.3 is 10.4 Å². The van der Waals surface area contributed by atoms with E-state index in [0.717, 1.165) is 6.07 Å². The summed E-state index contributed by atoms with van der Waals surface area (Å²) in [6.07, 6.45) is 0. The lowest BCUT2D eigenvalue weighted by atomic mass is 10.1. The number of nitrogens with one attached hydrogen (secondary N) is 1. The van der Waals surface area contributed by atoms with Crippen LogP contribution < -0.4 is 5.32 Å². The van der Waals surface area contributed by atoms with Crippen LogP contribution in [0.2, 0.25) is 15.1 Å². The molecule has 0 saturated carbocycles. The number of carbonyl (C=O) groups excluding carboxylic acids is 1. The lowest BCUT2D eigenvalue weighted by Crippen LogP contribution is -2.14. The average Bonchev–Trinajstić information content (AvgIpc) is 2.33. The molecule has 2 N–H and O–H groups in total. The van der Waals surface area contributed by atoms with E-state index in [-0.39, 0.29) is 15.7 Å². The third-order valence-corrected chi connectivity index (χ3v) is 3.28. The van der Waals surface area contributed by atoms with Crippen molar-refractivity contribution in [1.29, 1.82) is 0 Å². The van der Waals surface area contributed by atoms with Crippen LogP contribution in [0.3, 0.4) is 0 Å². The van der Waals surface area contributed by atoms with Crippen LogP contribution in [0.5, 0.6) is 5.75 Å². The van der Waals surface area contributed by atoms with Crippen LogP contribution in [-0.2, 0) is 0 Å². The summed E-state index contributed by atoms with van der Waals surface area (Å²) >= 11 is 17.6. The standard InChI is InChI=1S/C13H7Cl3FNO2/c14-6-4-7(15)12(8(16)5-6)18-13(20)11-9(17)2-1-3-10(11)19/h1-5,19H,(H,18,20). The Morgan fingerprint density at radius 2 is 1.75 bits per heavy atom. The Balaban J connectivity index is 2.38. The van der Waals surface area contributed by atoms with Crippen molar-refractivity contribution in [3.63, 3.8) is 0 Å². The van der Waals surface area contributed by atoms with Gasteiger partial charge in [0.25, 0.3) is 5.91 Å². The maximum absolute atomic E-state index is 13.6. The van der Waals surface area contributed by atoms with E-state index in [1.807, 2.05) is 0 Å². The number of phenols is 1. The van der Waals surface area contributed by atoms with Gasteiger partial charge in [-0.2, -0.15) is 0 Å². The van der Waals surface area contributed by atoms with E-state index in [4.69, 9.17) is 34.8 Å². The van der Waals surface area contributed by atoms with Crippen LogP contribution >= 0.6 is 34.8 Å². The maximum Gasteiger partial charge on any atom is 0.262 e. The molecule has 104 valence electrons. The van der Waals surface area contributed by atoms with Gasteiger partial charge in [-0.25, -0.2) is 4.39 Å². The van der Waals surface area contributed by atoms with Crippen LogP contribution in [0.15, 0.2) is 30.3 Å². The van der Waals surface area contributed by atoms with E-state index in [9.17, 15) is 14.3 Å². The molecule has 0 aromatic heterocycles. The number of carbonyl (C=O) groups is 1. The van der Waals surface area contributed by atoms with Gasteiger partial charge in [-0.3, -0.25) is 4.79 Å². The van der Waals surface area contributed by atoms with Gasteiger partial charge in [-0.05, 0) is 24.3 Å². The summed E-state index contributed by atoms with van der Waals surface area (Å²) in [7, 11) is 0. The van der Waals surface area contributed by atoms with E-state index in [0.29, 0.717) is 5.02 Å². The quantitative estimate of drug-likeness (QED) is 0.833. The molecule has 0 heterocycles. The molecule has 0 atom stereocenters. The van der Waals surface area contributed by atoms with Crippen molar-refractivity contribution in [3.8, 4) is 5.75 Å². The number of hydrogen-bond acceptors (Lipinski definition) is 2. The highest BCUT2D eigenvalue weighted by atomic mass is 35.5. The highest BCUT2D eigenvalue weighted by Crippen LogP contribution is 2.34. The second-order valence-electron chi connectivity index (χ2n) is 3.83. The molecule has 0 spiro atoms. The first kappa shape index (κ1) is 14.9. The molecule has 0 aliphatic carbocycles. The summed E-state index contributed by atoms with van der Waals surface area (Å²) in [4.78, 5) is 12.0. The number of anilines is 1. The minimum Gasteiger partial charge on any atom is -0.507 e. The van der Waals surface area contributed by atoms with Crippen LogP contribution in [0.1, 0.15) is 10.4 Å². The van der Waals surface area contributed by atoms with Crippen molar-refractivity contribution in [2.75, 3.05) is 5.32 Å². The molecule has 0 radical (unpaired) electrons. The second-order valence-corrected chi connectivity index (χ2v) is 5.08. The monoisotopic (exact) mass is 333 g/mol. The molecule has 1 amide bonds. The molecule has 0 saturated heterocycles. The van der Waals surface area contributed by atoms with Gasteiger partial charge >= 0.3 is 0 Å². The van der Waals surface area contributed by atoms with Crippen LogP contribution in [-0.4, -0.2) is 11.0 Å². The molecule has 0 fully saturated rings. The van der Waals surface area contributed by atoms with Crippen molar-refractivity contribution >= 4 is 46.4 Å². The van der Waals surface area contributed by atoms with Crippen molar-refractivity contribution in [2.24, 2.45) is 0 Å². The third kappa shape index (κ3) is 2.98. The van der Waals surface area contributed by atoms with Gasteiger partial charge in [0.15, 0.2) is 0 Å². The number of amides is 1. The molecular weight excluding hydrogens is 328 g/mol. The number of benzene rings is 2. The summed E-state index contributed by atoms with van der Waals surface area (Å²) in [6.45, 7) is 0. The molecule has 0 bridgehead atoms. The zero-order valence-corrected chi connectivity index (χ0v) is 12.0. The Labute approximate surface area is 128 Å². The predicted octanol–water partition coefficient (Wildman–Crippen LogP) is 4.74. The molecule has 0 aliphatic rings. The Morgan fingerprint density at radius 3 is 2.30 bits per heavy atom. The lowest BCUT2D eigenvalue weighted by Gasteiger charge is -2.11. The SMILES string of the molecule is O=C(Nc1c(Cl)cc(Cl)cc1Cl)c1c(O)cccc1F. The molecule has 2 aromatic rings. The number of halogens is 4. The Morgan fingerprint density at radius 1 is 1.15 bits per heavy atom. The van der Waals surface area contributed by atoms with E-state index < -0.39 is 23.0 Å². The minimum atomic E-state index is -0.869. The van der Waals surface area contributed by atoms with Crippen LogP contribution in [0, 0.1) is 5.82 Å². The van der Waals surface area contributed by atoms with Gasteiger partial charge in [0.2, 0.25) is 0 Å². The largest absolute Gasteiger partial charge is 0.507 e. The van der Waals surface area contributed by atoms with Crippen molar-refractivity contribution < 1.29 is 14.3 Å². The highest BCUT2D eigenvalue weighted by Gasteiger charge is 2.19. The topological polar surface area (TPSA) is 49.3 Å². The zero-order chi connectivity index (χ0) is 14.9. The van der Waals surface area contributed by atoms with Gasteiger partial charge in [0.05, 0.1) is 15.7 Å². The van der Waals surface area contributed by atoms with Gasteiger partial charge in [0, 0.05) is 5.02 Å². The Bertz CT molecular complexity index is 648. The summed E-state index contributed by atoms with van der Waals surface area (Å²) < 4.78 is 13.6. The van der Waals surface area contributed by atoms with E-state index in [2.05, 4.69) is 5.32 Å². The predicted molar refractivity (Wildman–Crippen MR) is 77.5 cm³/mol. The average molecular weight is 335 g/mol. The zero-order valence-electron chi connectivity index (χ0n) is 9.75. The van der Waals surface area contributed by atoms with Crippen LogP contribution in [0.25, 0.3) is 0 Å². The number of rotatable bonds is 2. The van der Waals surface area contributed by atoms with Crippen molar-refractivity contribution in [1.82, 2.24) is 0 Å². The lowest BCUT2D eigenvalue weighted by molar-refractivity contribution is 0.102. The Hall–Kier alpha value is -1.49. The molecule has 3 nitrogen and oxygen atoms in total. The van der Waals surface area contributed by atoms with Gasteiger partial charge in [-0.1, -0.05) is 40.9 Å². The normalized spacial score (nSPS) is 10.4. The number of aromatic hydroxyl groups is 1. The molecule has 20 heavy (non-hydrogen) atoms. The first-order valence-corrected chi connectivity index (χ1v) is 6.47. The van der Waals surface area contributed by atoms with E-state index in [1.165, 1.54) is 24.3 Å². The van der Waals surface area contributed by atoms with Crippen molar-refractivity contribution in [2.45, 2.75) is 0 Å². The molecular formula is C13H7Cl3FNO2. The molecule has 2 aromatic carbocycles. The first-order chi connectivity index (χ1) is 9.40. The Kier molecular flexibility index (Phi) is 4.38. The summed E-state index contributed by atoms with van der Waals surface area (Å²) in [6, 6.07) is 6.30. The number of hydrogen-bond donors (Lipinski definition) is 2. The molecule has 0 aliphatic heterocycles. The highest BCUT2D eigenvalue weighted by molar-refractivity contribution is 6.42. The molecule has 0 unspecified atom stereocenters. The van der Waals surface area contributed by atoms with Gasteiger partial charge in [0.1, 0.15) is 17.1 Å². The van der Waals surface area contributed by atoms with Crippen molar-refractivity contribution in [3.05, 3.63) is 56.8 Å². The fourth-order valence-electron chi connectivity index (χ4n) is 1.58. The fourth-order valence-corrected chi connectivity index (χ4v) is 2.49. The summed E-state index contributed by atoms with van der Waals surface area (Å²) in [5, 5.41) is 12.4.